The molecule has 1 heterocycles. The van der Waals surface area contributed by atoms with E-state index in [1.165, 1.54) is 13.3 Å². The fraction of sp³-hybridized carbons (Fsp3) is 0.600. The van der Waals surface area contributed by atoms with Crippen LogP contribution in [0.15, 0.2) is 6.33 Å². The van der Waals surface area contributed by atoms with Gasteiger partial charge in [-0.25, -0.2) is 4.98 Å². The Morgan fingerprint density at radius 2 is 2.29 bits per heavy atom. The molecule has 1 rings (SSSR count). The van der Waals surface area contributed by atoms with E-state index >= 15 is 0 Å². The molecule has 0 saturated heterocycles. The lowest BCUT2D eigenvalue weighted by Gasteiger charge is -2.12. The van der Waals surface area contributed by atoms with E-state index in [1.54, 1.807) is 6.92 Å². The Morgan fingerprint density at radius 3 is 2.88 bits per heavy atom. The molecule has 0 saturated carbocycles. The summed E-state index contributed by atoms with van der Waals surface area (Å²) in [6, 6.07) is -0.502. The first-order chi connectivity index (χ1) is 8.09. The van der Waals surface area contributed by atoms with Crippen LogP contribution in [0.3, 0.4) is 0 Å². The van der Waals surface area contributed by atoms with Crippen molar-refractivity contribution in [2.45, 2.75) is 32.7 Å². The van der Waals surface area contributed by atoms with Crippen LogP contribution in [0.4, 0.5) is 0 Å². The summed E-state index contributed by atoms with van der Waals surface area (Å²) in [5.41, 5.74) is 0. The van der Waals surface area contributed by atoms with Gasteiger partial charge in [0.1, 0.15) is 18.2 Å². The highest BCUT2D eigenvalue weighted by molar-refractivity contribution is 5.86. The Bertz CT molecular complexity index is 363. The van der Waals surface area contributed by atoms with E-state index in [2.05, 4.69) is 25.8 Å². The molecule has 3 N–H and O–H groups in total. The molecule has 0 aliphatic carbocycles. The summed E-state index contributed by atoms with van der Waals surface area (Å²) in [6.45, 7) is 3.57. The summed E-state index contributed by atoms with van der Waals surface area (Å²) in [4.78, 5) is 26.2. The number of nitrogens with zero attached hydrogens (tertiary/aromatic N) is 2. The standard InChI is InChI=1S/C10H17N5O2/c1-7(14-8(2)16)10(17)11-5-3-4-9-12-6-13-15-9/h6-7H,3-5H2,1-2H3,(H,11,17)(H,14,16)(H,12,13,15). The van der Waals surface area contributed by atoms with Crippen LogP contribution in [0.1, 0.15) is 26.1 Å². The summed E-state index contributed by atoms with van der Waals surface area (Å²) in [6.07, 6.45) is 2.95. The number of H-pyrrole nitrogens is 1. The first-order valence-corrected chi connectivity index (χ1v) is 5.48. The third kappa shape index (κ3) is 5.10. The molecule has 17 heavy (non-hydrogen) atoms. The molecule has 94 valence electrons. The summed E-state index contributed by atoms with van der Waals surface area (Å²) < 4.78 is 0. The molecule has 0 aliphatic heterocycles. The summed E-state index contributed by atoms with van der Waals surface area (Å²) in [7, 11) is 0. The fourth-order valence-corrected chi connectivity index (χ4v) is 1.34. The van der Waals surface area contributed by atoms with Crippen molar-refractivity contribution >= 4 is 11.8 Å². The fourth-order valence-electron chi connectivity index (χ4n) is 1.34. The number of amides is 2. The van der Waals surface area contributed by atoms with Crippen molar-refractivity contribution in [1.29, 1.82) is 0 Å². The third-order valence-corrected chi connectivity index (χ3v) is 2.17. The highest BCUT2D eigenvalue weighted by Crippen LogP contribution is 1.92. The first kappa shape index (κ1) is 13.1. The van der Waals surface area contributed by atoms with Crippen molar-refractivity contribution in [3.05, 3.63) is 12.2 Å². The van der Waals surface area contributed by atoms with Crippen molar-refractivity contribution in [2.24, 2.45) is 0 Å². The van der Waals surface area contributed by atoms with Crippen LogP contribution < -0.4 is 10.6 Å². The van der Waals surface area contributed by atoms with Crippen LogP contribution in [0, 0.1) is 0 Å². The molecule has 7 nitrogen and oxygen atoms in total. The highest BCUT2D eigenvalue weighted by atomic mass is 16.2. The second kappa shape index (κ2) is 6.62. The van der Waals surface area contributed by atoms with Crippen LogP contribution in [-0.2, 0) is 16.0 Å². The van der Waals surface area contributed by atoms with Gasteiger partial charge in [-0.3, -0.25) is 14.7 Å². The summed E-state index contributed by atoms with van der Waals surface area (Å²) >= 11 is 0. The number of hydrogen-bond acceptors (Lipinski definition) is 4. The summed E-state index contributed by atoms with van der Waals surface area (Å²) in [5, 5.41) is 11.7. The number of aromatic nitrogens is 3. The van der Waals surface area contributed by atoms with E-state index in [1.807, 2.05) is 0 Å². The molecule has 0 aromatic carbocycles. The van der Waals surface area contributed by atoms with Gasteiger partial charge in [0, 0.05) is 19.9 Å². The van der Waals surface area contributed by atoms with Gasteiger partial charge in [0.2, 0.25) is 11.8 Å². The van der Waals surface area contributed by atoms with Gasteiger partial charge < -0.3 is 10.6 Å². The van der Waals surface area contributed by atoms with Crippen molar-refractivity contribution in [3.8, 4) is 0 Å². The van der Waals surface area contributed by atoms with Gasteiger partial charge in [-0.05, 0) is 13.3 Å². The number of carbonyl (C=O) groups excluding carboxylic acids is 2. The maximum atomic E-state index is 11.5. The molecule has 0 radical (unpaired) electrons. The van der Waals surface area contributed by atoms with Gasteiger partial charge in [0.15, 0.2) is 0 Å². The topological polar surface area (TPSA) is 99.8 Å². The molecule has 0 bridgehead atoms. The highest BCUT2D eigenvalue weighted by Gasteiger charge is 2.12. The Morgan fingerprint density at radius 1 is 1.53 bits per heavy atom. The SMILES string of the molecule is CC(=O)NC(C)C(=O)NCCCc1ncn[nH]1. The smallest absolute Gasteiger partial charge is 0.242 e. The van der Waals surface area contributed by atoms with E-state index in [-0.39, 0.29) is 11.8 Å². The zero-order valence-corrected chi connectivity index (χ0v) is 9.99. The Hall–Kier alpha value is -1.92. The maximum Gasteiger partial charge on any atom is 0.242 e. The van der Waals surface area contributed by atoms with Crippen molar-refractivity contribution < 1.29 is 9.59 Å². The number of hydrogen-bond donors (Lipinski definition) is 3. The number of carbonyl (C=O) groups is 2. The Labute approximate surface area is 99.4 Å². The normalized spacial score (nSPS) is 11.9. The lowest BCUT2D eigenvalue weighted by atomic mass is 10.2. The molecule has 7 heteroatoms. The predicted molar refractivity (Wildman–Crippen MR) is 61.0 cm³/mol. The van der Waals surface area contributed by atoms with Crippen molar-refractivity contribution in [3.63, 3.8) is 0 Å². The average Bonchev–Trinajstić information content (AvgIpc) is 2.75. The minimum atomic E-state index is -0.502. The zero-order chi connectivity index (χ0) is 12.7. The Kier molecular flexibility index (Phi) is 5.12. The van der Waals surface area contributed by atoms with E-state index < -0.39 is 6.04 Å². The molecule has 0 spiro atoms. The van der Waals surface area contributed by atoms with Gasteiger partial charge in [-0.15, -0.1) is 0 Å². The Balaban J connectivity index is 2.13. The molecule has 0 fully saturated rings. The quantitative estimate of drug-likeness (QED) is 0.576. The minimum absolute atomic E-state index is 0.183. The maximum absolute atomic E-state index is 11.5. The van der Waals surface area contributed by atoms with E-state index in [9.17, 15) is 9.59 Å². The largest absolute Gasteiger partial charge is 0.354 e. The van der Waals surface area contributed by atoms with Crippen LogP contribution in [-0.4, -0.2) is 39.6 Å². The minimum Gasteiger partial charge on any atom is -0.354 e. The zero-order valence-electron chi connectivity index (χ0n) is 9.99. The number of rotatable bonds is 6. The second-order valence-corrected chi connectivity index (χ2v) is 3.75. The lowest BCUT2D eigenvalue weighted by molar-refractivity contribution is -0.127. The average molecular weight is 239 g/mol. The van der Waals surface area contributed by atoms with Crippen molar-refractivity contribution in [2.75, 3.05) is 6.54 Å². The van der Waals surface area contributed by atoms with Crippen molar-refractivity contribution in [1.82, 2.24) is 25.8 Å². The molecule has 1 aromatic rings. The number of aryl methyl sites for hydroxylation is 1. The number of nitrogens with one attached hydrogen (secondary N) is 3. The van der Waals surface area contributed by atoms with Crippen LogP contribution in [0.5, 0.6) is 0 Å². The van der Waals surface area contributed by atoms with Gasteiger partial charge in [0.25, 0.3) is 0 Å². The number of aromatic amines is 1. The lowest BCUT2D eigenvalue weighted by Crippen LogP contribution is -2.44. The van der Waals surface area contributed by atoms with Gasteiger partial charge in [-0.2, -0.15) is 5.10 Å². The molecule has 1 atom stereocenters. The summed E-state index contributed by atoms with van der Waals surface area (Å²) in [5.74, 6) is 0.404. The molecule has 1 unspecified atom stereocenters. The molecular weight excluding hydrogens is 222 g/mol. The van der Waals surface area contributed by atoms with E-state index in [0.29, 0.717) is 6.54 Å². The molecule has 2 amide bonds. The van der Waals surface area contributed by atoms with Gasteiger partial charge in [-0.1, -0.05) is 0 Å². The first-order valence-electron chi connectivity index (χ1n) is 5.48. The second-order valence-electron chi connectivity index (χ2n) is 3.75. The predicted octanol–water partition coefficient (Wildman–Crippen LogP) is -0.622. The van der Waals surface area contributed by atoms with Crippen LogP contribution >= 0.6 is 0 Å². The molecule has 1 aromatic heterocycles. The van der Waals surface area contributed by atoms with E-state index in [0.717, 1.165) is 18.7 Å². The van der Waals surface area contributed by atoms with E-state index in [4.69, 9.17) is 0 Å². The third-order valence-electron chi connectivity index (χ3n) is 2.17. The monoisotopic (exact) mass is 239 g/mol. The van der Waals surface area contributed by atoms with Gasteiger partial charge >= 0.3 is 0 Å². The molecule has 0 aliphatic rings. The van der Waals surface area contributed by atoms with Crippen LogP contribution in [0.25, 0.3) is 0 Å². The molecular formula is C10H17N5O2. The van der Waals surface area contributed by atoms with Gasteiger partial charge in [0.05, 0.1) is 0 Å². The van der Waals surface area contributed by atoms with Crippen LogP contribution in [0.2, 0.25) is 0 Å².